The molecule has 16 nitrogen and oxygen atoms in total. The van der Waals surface area contributed by atoms with Crippen molar-refractivity contribution >= 4 is 23.9 Å². The molecule has 0 fully saturated rings. The van der Waals surface area contributed by atoms with Crippen LogP contribution in [0.3, 0.4) is 0 Å². The molecule has 4 heterocycles. The first-order valence-corrected chi connectivity index (χ1v) is 10.5. The molecule has 212 valence electrons. The molecule has 0 aliphatic carbocycles. The summed E-state index contributed by atoms with van der Waals surface area (Å²) in [6.45, 7) is 0. The van der Waals surface area contributed by atoms with Crippen molar-refractivity contribution < 1.29 is 89.0 Å². The van der Waals surface area contributed by atoms with Crippen LogP contribution in [0.2, 0.25) is 0 Å². The van der Waals surface area contributed by atoms with E-state index in [0.29, 0.717) is 0 Å². The van der Waals surface area contributed by atoms with E-state index in [2.05, 4.69) is 19.9 Å². The molecule has 4 rings (SSSR count). The molecule has 41 heavy (non-hydrogen) atoms. The zero-order chi connectivity index (χ0) is 30.2. The molecule has 0 aliphatic heterocycles. The van der Waals surface area contributed by atoms with Crippen LogP contribution < -0.4 is 21.7 Å². The van der Waals surface area contributed by atoms with E-state index in [1.807, 2.05) is 0 Å². The van der Waals surface area contributed by atoms with Crippen LogP contribution in [0, 0.1) is 49.4 Å². The van der Waals surface area contributed by atoms with Crippen molar-refractivity contribution in [3.63, 3.8) is 0 Å². The summed E-state index contributed by atoms with van der Waals surface area (Å²) in [5, 5.41) is 33.4. The van der Waals surface area contributed by atoms with Crippen LogP contribution in [0.5, 0.6) is 0 Å². The molecule has 17 heteroatoms. The summed E-state index contributed by atoms with van der Waals surface area (Å²) in [4.78, 5) is 92.4. The summed E-state index contributed by atoms with van der Waals surface area (Å²) in [5.41, 5.74) is -1.60. The van der Waals surface area contributed by atoms with Gasteiger partial charge < -0.3 is 40.4 Å². The molecule has 0 amide bonds. The van der Waals surface area contributed by atoms with Gasteiger partial charge in [-0.1, -0.05) is 0 Å². The van der Waals surface area contributed by atoms with Gasteiger partial charge in [-0.25, -0.2) is 19.2 Å². The van der Waals surface area contributed by atoms with E-state index in [9.17, 15) is 38.4 Å². The van der Waals surface area contributed by atoms with Crippen LogP contribution in [0.15, 0.2) is 92.5 Å². The van der Waals surface area contributed by atoms with Gasteiger partial charge in [0.05, 0.1) is 0 Å². The predicted octanol–water partition coefficient (Wildman–Crippen LogP) is 0.292. The summed E-state index contributed by atoms with van der Waals surface area (Å²) in [6, 6.07) is 9.15. The fraction of sp³-hybridized carbons (Fsp3) is 0. The van der Waals surface area contributed by atoms with Gasteiger partial charge in [0.25, 0.3) is 0 Å². The monoisotopic (exact) mass is 709 g/mol. The maximum atomic E-state index is 10.5. The Kier molecular flexibility index (Phi) is 16.4. The number of rotatable bonds is 4. The average Bonchev–Trinajstić information content (AvgIpc) is 2.90. The summed E-state index contributed by atoms with van der Waals surface area (Å²) in [7, 11) is 0. The largest absolute Gasteiger partial charge is 3.00 e. The Balaban J connectivity index is 0.000000516. The van der Waals surface area contributed by atoms with Gasteiger partial charge >= 0.3 is 73.3 Å². The number of hydrogen-bond donors (Lipinski definition) is 8. The number of H-pyrrole nitrogens is 4. The standard InChI is InChI=1S/4C6H5NO3.Eu/c4*8-4-1-2-7-5(3-4)6(9)10;/h4*1-3H,(H,7,8)(H,9,10);/q;;;;+3. The Morgan fingerprint density at radius 1 is 0.415 bits per heavy atom. The molecule has 4 aromatic rings. The van der Waals surface area contributed by atoms with E-state index < -0.39 is 23.9 Å². The second kappa shape index (κ2) is 18.5. The second-order valence-electron chi connectivity index (χ2n) is 6.97. The normalized spacial score (nSPS) is 8.98. The van der Waals surface area contributed by atoms with Gasteiger partial charge in [0.1, 0.15) is 22.8 Å². The van der Waals surface area contributed by atoms with E-state index in [4.69, 9.17) is 20.4 Å². The number of carbonyl (C=O) groups is 4. The summed E-state index contributed by atoms with van der Waals surface area (Å²) in [5.74, 6) is -4.51. The molecule has 0 atom stereocenters. The Morgan fingerprint density at radius 2 is 0.585 bits per heavy atom. The van der Waals surface area contributed by atoms with Crippen molar-refractivity contribution in [2.75, 3.05) is 0 Å². The molecular formula is C24H20EuN4O12+3. The smallest absolute Gasteiger partial charge is 0.477 e. The first-order valence-electron chi connectivity index (χ1n) is 10.5. The maximum absolute atomic E-state index is 10.5. The molecule has 8 N–H and O–H groups in total. The van der Waals surface area contributed by atoms with Gasteiger partial charge in [-0.2, -0.15) is 0 Å². The minimum atomic E-state index is -1.13. The molecule has 0 bridgehead atoms. The topological polar surface area (TPSA) is 281 Å². The van der Waals surface area contributed by atoms with E-state index in [1.165, 1.54) is 49.1 Å². The number of aromatic carboxylic acids is 4. The van der Waals surface area contributed by atoms with E-state index >= 15 is 0 Å². The molecule has 0 spiro atoms. The minimum absolute atomic E-state index is 0. The molecule has 0 saturated carbocycles. The summed E-state index contributed by atoms with van der Waals surface area (Å²) < 4.78 is 0. The fourth-order valence-corrected chi connectivity index (χ4v) is 2.28. The predicted molar refractivity (Wildman–Crippen MR) is 136 cm³/mol. The quantitative estimate of drug-likeness (QED) is 0.142. The molecule has 0 saturated heterocycles. The maximum Gasteiger partial charge on any atom is 3.00 e. The van der Waals surface area contributed by atoms with Gasteiger partial charge in [0.2, 0.25) is 0 Å². The van der Waals surface area contributed by atoms with Gasteiger partial charge in [0.15, 0.2) is 21.7 Å². The SMILES string of the molecule is O=C(O)c1cc(=O)cc[nH]1.O=C(O)c1cc(=O)cc[nH]1.O=C(O)c1cc(=O)cc[nH]1.O=C(O)c1cc(=O)cc[nH]1.[Eu+3]. The van der Waals surface area contributed by atoms with Crippen LogP contribution in [-0.4, -0.2) is 64.2 Å². The van der Waals surface area contributed by atoms with Crippen molar-refractivity contribution in [2.24, 2.45) is 0 Å². The van der Waals surface area contributed by atoms with Crippen molar-refractivity contribution in [1.82, 2.24) is 19.9 Å². The van der Waals surface area contributed by atoms with Gasteiger partial charge in [-0.3, -0.25) is 19.2 Å². The Labute approximate surface area is 267 Å². The van der Waals surface area contributed by atoms with Gasteiger partial charge in [0, 0.05) is 73.3 Å². The first kappa shape index (κ1) is 36.3. The van der Waals surface area contributed by atoms with Gasteiger partial charge in [-0.15, -0.1) is 0 Å². The van der Waals surface area contributed by atoms with E-state index in [0.717, 1.165) is 24.3 Å². The number of carboxylic acid groups (broad SMARTS) is 4. The third-order valence-corrected chi connectivity index (χ3v) is 4.01. The summed E-state index contributed by atoms with van der Waals surface area (Å²) in [6.07, 6.45) is 5.19. The number of hydrogen-bond acceptors (Lipinski definition) is 8. The van der Waals surface area contributed by atoms with Crippen LogP contribution >= 0.6 is 0 Å². The number of aromatic amines is 4. The number of nitrogens with one attached hydrogen (secondary N) is 4. The zero-order valence-corrected chi connectivity index (χ0v) is 22.8. The number of pyridine rings is 4. The van der Waals surface area contributed by atoms with E-state index in [1.54, 1.807) is 0 Å². The van der Waals surface area contributed by atoms with Crippen molar-refractivity contribution in [3.8, 4) is 0 Å². The van der Waals surface area contributed by atoms with Crippen LogP contribution in [-0.2, 0) is 0 Å². The van der Waals surface area contributed by atoms with E-state index in [-0.39, 0.29) is 93.9 Å². The second-order valence-corrected chi connectivity index (χ2v) is 6.97. The summed E-state index contributed by atoms with van der Waals surface area (Å²) >= 11 is 0. The van der Waals surface area contributed by atoms with Crippen LogP contribution in [0.25, 0.3) is 0 Å². The third-order valence-electron chi connectivity index (χ3n) is 4.01. The molecule has 0 radical (unpaired) electrons. The Hall–Kier alpha value is -4.74. The Bertz CT molecular complexity index is 1470. The molecule has 0 aromatic carbocycles. The zero-order valence-electron chi connectivity index (χ0n) is 20.4. The molecular weight excluding hydrogens is 688 g/mol. The average molecular weight is 708 g/mol. The van der Waals surface area contributed by atoms with Crippen LogP contribution in [0.4, 0.5) is 0 Å². The van der Waals surface area contributed by atoms with Crippen molar-refractivity contribution in [1.29, 1.82) is 0 Å². The number of aromatic nitrogens is 4. The fourth-order valence-electron chi connectivity index (χ4n) is 2.28. The van der Waals surface area contributed by atoms with Gasteiger partial charge in [-0.05, 0) is 0 Å². The number of carboxylic acids is 4. The minimum Gasteiger partial charge on any atom is -0.477 e. The van der Waals surface area contributed by atoms with Crippen molar-refractivity contribution in [2.45, 2.75) is 0 Å². The molecule has 0 aliphatic rings. The third kappa shape index (κ3) is 14.8. The Morgan fingerprint density at radius 3 is 0.683 bits per heavy atom. The molecule has 0 unspecified atom stereocenters. The molecule has 4 aromatic heterocycles. The van der Waals surface area contributed by atoms with Crippen molar-refractivity contribution in [3.05, 3.63) is 137 Å². The first-order chi connectivity index (χ1) is 18.8. The van der Waals surface area contributed by atoms with Crippen LogP contribution in [0.1, 0.15) is 42.0 Å².